The van der Waals surface area contributed by atoms with Crippen LogP contribution in [0.25, 0.3) is 0 Å². The Kier molecular flexibility index (Phi) is 9.03. The van der Waals surface area contributed by atoms with Crippen LogP contribution in [0.4, 0.5) is 44.3 Å². The van der Waals surface area contributed by atoms with Crippen molar-refractivity contribution in [3.63, 3.8) is 0 Å². The highest BCUT2D eigenvalue weighted by atomic mass is 19.4. The minimum atomic E-state index is -5.82. The third-order valence-corrected chi connectivity index (χ3v) is 8.18. The zero-order chi connectivity index (χ0) is 31.1. The highest BCUT2D eigenvalue weighted by molar-refractivity contribution is 5.72. The van der Waals surface area contributed by atoms with E-state index in [9.17, 15) is 54.2 Å². The number of rotatable bonds is 5. The fourth-order valence-corrected chi connectivity index (χ4v) is 5.94. The van der Waals surface area contributed by atoms with Gasteiger partial charge in [-0.3, -0.25) is 4.90 Å². The summed E-state index contributed by atoms with van der Waals surface area (Å²) >= 11 is 0. The number of nitrogens with zero attached hydrogens (tertiary/aromatic N) is 3. The Labute approximate surface area is 234 Å². The molecule has 2 atom stereocenters. The molecule has 3 heterocycles. The van der Waals surface area contributed by atoms with Crippen molar-refractivity contribution in [3.05, 3.63) is 23.4 Å². The number of aliphatic carboxylic acids is 1. The maximum atomic E-state index is 13.8. The molecule has 3 saturated heterocycles. The van der Waals surface area contributed by atoms with Crippen molar-refractivity contribution in [2.75, 3.05) is 52.4 Å². The van der Waals surface area contributed by atoms with Gasteiger partial charge in [0.25, 0.3) is 6.10 Å². The van der Waals surface area contributed by atoms with Crippen LogP contribution in [0.1, 0.15) is 25.7 Å². The van der Waals surface area contributed by atoms with Gasteiger partial charge in [0.2, 0.25) is 0 Å². The Bertz CT molecular complexity index is 1070. The van der Waals surface area contributed by atoms with Crippen LogP contribution in [0.5, 0.6) is 0 Å². The third kappa shape index (κ3) is 7.63. The van der Waals surface area contributed by atoms with Crippen molar-refractivity contribution in [1.82, 2.24) is 14.7 Å². The molecule has 1 amide bonds. The number of amides is 1. The molecule has 0 aromatic rings. The molecule has 0 aromatic carbocycles. The number of hydrogen-bond donors (Lipinski definition) is 1. The van der Waals surface area contributed by atoms with Gasteiger partial charge in [-0.25, -0.2) is 9.59 Å². The first kappa shape index (κ1) is 32.2. The van der Waals surface area contributed by atoms with Gasteiger partial charge in [-0.2, -0.15) is 39.5 Å². The fraction of sp³-hybridized carbons (Fsp3) is 0.760. The van der Waals surface area contributed by atoms with E-state index in [4.69, 9.17) is 4.74 Å². The number of ether oxygens (including phenoxy) is 2. The molecular formula is C25H30F9N3O5. The van der Waals surface area contributed by atoms with E-state index in [0.717, 1.165) is 11.0 Å². The second-order valence-corrected chi connectivity index (χ2v) is 11.2. The first-order valence-electron chi connectivity index (χ1n) is 13.2. The fourth-order valence-electron chi connectivity index (χ4n) is 5.94. The molecule has 0 radical (unpaired) electrons. The molecule has 1 N–H and O–H groups in total. The number of likely N-dealkylation sites (tertiary alicyclic amines) is 2. The lowest BCUT2D eigenvalue weighted by Gasteiger charge is -2.39. The van der Waals surface area contributed by atoms with Crippen LogP contribution in [0.2, 0.25) is 0 Å². The molecule has 0 saturated carbocycles. The first-order valence-corrected chi connectivity index (χ1v) is 13.2. The van der Waals surface area contributed by atoms with Crippen molar-refractivity contribution in [2.45, 2.75) is 56.4 Å². The molecular weight excluding hydrogens is 593 g/mol. The summed E-state index contributed by atoms with van der Waals surface area (Å²) in [6.45, 7) is 1.03. The normalized spacial score (nSPS) is 26.0. The van der Waals surface area contributed by atoms with E-state index >= 15 is 0 Å². The maximum Gasteiger partial charge on any atom is 0.434 e. The lowest BCUT2D eigenvalue weighted by Crippen LogP contribution is -2.50. The number of alkyl halides is 9. The highest BCUT2D eigenvalue weighted by Crippen LogP contribution is 2.43. The lowest BCUT2D eigenvalue weighted by atomic mass is 9.78. The van der Waals surface area contributed by atoms with E-state index < -0.39 is 54.1 Å². The van der Waals surface area contributed by atoms with Crippen molar-refractivity contribution >= 4 is 12.1 Å². The zero-order valence-corrected chi connectivity index (χ0v) is 22.2. The standard InChI is InChI=1S/C25H30F9N3O5/c26-23(27,28)16-9-15(10-17(11-16)37-7-8-41-18(13-37)19(38)39)12-35-4-1-22(14-35)2-5-36(6-3-22)21(40)42-20(24(29,30)31)25(32,33)34/h9-10,16,18,20H,1-8,11-14H2,(H,38,39). The second-order valence-electron chi connectivity index (χ2n) is 11.2. The van der Waals surface area contributed by atoms with E-state index in [2.05, 4.69) is 4.74 Å². The summed E-state index contributed by atoms with van der Waals surface area (Å²) in [6, 6.07) is 0. The molecule has 4 aliphatic rings. The van der Waals surface area contributed by atoms with E-state index in [1.807, 2.05) is 4.90 Å². The summed E-state index contributed by atoms with van der Waals surface area (Å²) in [6.07, 6.45) is -19.7. The van der Waals surface area contributed by atoms with Gasteiger partial charge in [-0.15, -0.1) is 0 Å². The number of halogens is 9. The smallest absolute Gasteiger partial charge is 0.434 e. The quantitative estimate of drug-likeness (QED) is 0.449. The number of carboxylic acid groups (broad SMARTS) is 1. The lowest BCUT2D eigenvalue weighted by molar-refractivity contribution is -0.308. The van der Waals surface area contributed by atoms with Crippen LogP contribution >= 0.6 is 0 Å². The van der Waals surface area contributed by atoms with Crippen molar-refractivity contribution < 1.29 is 63.7 Å². The Hall–Kier alpha value is -2.69. The van der Waals surface area contributed by atoms with Crippen LogP contribution < -0.4 is 0 Å². The van der Waals surface area contributed by atoms with Crippen LogP contribution in [-0.2, 0) is 14.3 Å². The van der Waals surface area contributed by atoms with Gasteiger partial charge in [0.05, 0.1) is 19.1 Å². The van der Waals surface area contributed by atoms with Gasteiger partial charge in [0, 0.05) is 44.8 Å². The predicted octanol–water partition coefficient (Wildman–Crippen LogP) is 4.58. The first-order chi connectivity index (χ1) is 19.4. The molecule has 0 aromatic heterocycles. The molecule has 238 valence electrons. The maximum absolute atomic E-state index is 13.8. The molecule has 1 spiro atoms. The van der Waals surface area contributed by atoms with Crippen molar-refractivity contribution in [2.24, 2.45) is 11.3 Å². The van der Waals surface area contributed by atoms with Crippen molar-refractivity contribution in [3.8, 4) is 0 Å². The Morgan fingerprint density at radius 1 is 1.00 bits per heavy atom. The number of hydrogen-bond acceptors (Lipinski definition) is 6. The Morgan fingerprint density at radius 3 is 2.19 bits per heavy atom. The van der Waals surface area contributed by atoms with Crippen LogP contribution in [-0.4, -0.2) is 115 Å². The van der Waals surface area contributed by atoms with Gasteiger partial charge < -0.3 is 24.4 Å². The average Bonchev–Trinajstić information content (AvgIpc) is 3.27. The van der Waals surface area contributed by atoms with Gasteiger partial charge in [0.15, 0.2) is 6.10 Å². The topological polar surface area (TPSA) is 82.6 Å². The zero-order valence-electron chi connectivity index (χ0n) is 22.2. The van der Waals surface area contributed by atoms with E-state index in [0.29, 0.717) is 30.8 Å². The number of morpholine rings is 1. The largest absolute Gasteiger partial charge is 0.479 e. The minimum absolute atomic E-state index is 0.0519. The van der Waals surface area contributed by atoms with Crippen LogP contribution in [0.3, 0.4) is 0 Å². The van der Waals surface area contributed by atoms with Gasteiger partial charge in [-0.1, -0.05) is 6.08 Å². The van der Waals surface area contributed by atoms with Crippen LogP contribution in [0, 0.1) is 11.3 Å². The van der Waals surface area contributed by atoms with Gasteiger partial charge in [0.1, 0.15) is 0 Å². The summed E-state index contributed by atoms with van der Waals surface area (Å²) < 4.78 is 127. The Balaban J connectivity index is 1.37. The summed E-state index contributed by atoms with van der Waals surface area (Å²) in [4.78, 5) is 27.8. The monoisotopic (exact) mass is 623 g/mol. The van der Waals surface area contributed by atoms with E-state index in [-0.39, 0.29) is 58.6 Å². The predicted molar refractivity (Wildman–Crippen MR) is 126 cm³/mol. The molecule has 3 fully saturated rings. The number of carbonyl (C=O) groups excluding carboxylic acids is 1. The van der Waals surface area contributed by atoms with Gasteiger partial charge >= 0.3 is 30.6 Å². The molecule has 8 nitrogen and oxygen atoms in total. The SMILES string of the molecule is O=C(O)C1CN(C2=CC(CN3CCC4(CCN(C(=O)OC(C(F)(F)F)C(F)(F)F)CC4)C3)=CC(C(F)(F)F)C2)CCO1. The van der Waals surface area contributed by atoms with E-state index in [1.165, 1.54) is 0 Å². The summed E-state index contributed by atoms with van der Waals surface area (Å²) in [5.41, 5.74) is 0.357. The molecule has 3 aliphatic heterocycles. The van der Waals surface area contributed by atoms with E-state index in [1.54, 1.807) is 11.0 Å². The number of carboxylic acids is 1. The average molecular weight is 624 g/mol. The molecule has 0 bridgehead atoms. The molecule has 1 aliphatic carbocycles. The second kappa shape index (κ2) is 11.8. The summed E-state index contributed by atoms with van der Waals surface area (Å²) in [5.74, 6) is -2.97. The molecule has 4 rings (SSSR count). The minimum Gasteiger partial charge on any atom is -0.479 e. The number of allylic oxidation sites excluding steroid dienone is 2. The number of piperidine rings is 1. The highest BCUT2D eigenvalue weighted by Gasteiger charge is 2.60. The Morgan fingerprint density at radius 2 is 1.62 bits per heavy atom. The molecule has 42 heavy (non-hydrogen) atoms. The summed E-state index contributed by atoms with van der Waals surface area (Å²) in [5, 5.41) is 9.26. The summed E-state index contributed by atoms with van der Waals surface area (Å²) in [7, 11) is 0. The number of carbonyl (C=O) groups is 2. The van der Waals surface area contributed by atoms with Crippen molar-refractivity contribution in [1.29, 1.82) is 0 Å². The third-order valence-electron chi connectivity index (χ3n) is 8.18. The molecule has 2 unspecified atom stereocenters. The van der Waals surface area contributed by atoms with Gasteiger partial charge in [-0.05, 0) is 42.9 Å². The van der Waals surface area contributed by atoms with Crippen LogP contribution in [0.15, 0.2) is 23.4 Å². The molecule has 17 heteroatoms.